The molecule has 5 atom stereocenters. The Morgan fingerprint density at radius 3 is 2.55 bits per heavy atom. The highest BCUT2D eigenvalue weighted by molar-refractivity contribution is 6.30. The number of carbonyl (C=O) groups excluding carboxylic acids is 1. The molecule has 1 aliphatic rings. The Balaban J connectivity index is 1.34. The molecule has 9 nitrogen and oxygen atoms in total. The molecule has 1 aliphatic carbocycles. The number of aliphatic hydroxyl groups is 3. The molecule has 10 heteroatoms. The van der Waals surface area contributed by atoms with E-state index in [4.69, 9.17) is 26.3 Å². The molecular weight excluding hydrogens is 538 g/mol. The number of rotatable bonds is 16. The first-order valence-corrected chi connectivity index (χ1v) is 13.7. The average Bonchev–Trinajstić information content (AvgIpc) is 3.22. The van der Waals surface area contributed by atoms with Crippen molar-refractivity contribution >= 4 is 17.6 Å². The fourth-order valence-corrected chi connectivity index (χ4v) is 4.76. The Hall–Kier alpha value is -2.76. The summed E-state index contributed by atoms with van der Waals surface area (Å²) in [5, 5.41) is 40.2. The van der Waals surface area contributed by atoms with Crippen LogP contribution >= 0.6 is 11.6 Å². The largest absolute Gasteiger partial charge is 0.491 e. The predicted octanol–water partition coefficient (Wildman–Crippen LogP) is 4.26. The van der Waals surface area contributed by atoms with Gasteiger partial charge in [0.05, 0.1) is 18.8 Å². The Morgan fingerprint density at radius 2 is 1.82 bits per heavy atom. The zero-order valence-corrected chi connectivity index (χ0v) is 23.0. The second-order valence-corrected chi connectivity index (χ2v) is 10.2. The minimum atomic E-state index is -0.872. The number of unbranched alkanes of at least 4 members (excludes halogenated alkanes) is 1. The van der Waals surface area contributed by atoms with Crippen LogP contribution in [0.3, 0.4) is 0 Å². The summed E-state index contributed by atoms with van der Waals surface area (Å²) in [6.07, 6.45) is 7.56. The van der Waals surface area contributed by atoms with E-state index in [2.05, 4.69) is 4.84 Å². The number of allylic oxidation sites excluding steroid dienone is 2. The molecule has 40 heavy (non-hydrogen) atoms. The second kappa shape index (κ2) is 17.1. The molecule has 0 bridgehead atoms. The molecule has 0 unspecified atom stereocenters. The van der Waals surface area contributed by atoms with Gasteiger partial charge in [-0.25, -0.2) is 0 Å². The predicted molar refractivity (Wildman–Crippen MR) is 149 cm³/mol. The maximum absolute atomic E-state index is 12.1. The zero-order valence-electron chi connectivity index (χ0n) is 22.3. The van der Waals surface area contributed by atoms with E-state index in [0.29, 0.717) is 36.5 Å². The number of carbonyl (C=O) groups is 1. The van der Waals surface area contributed by atoms with Crippen molar-refractivity contribution in [1.29, 1.82) is 0 Å². The lowest BCUT2D eigenvalue weighted by molar-refractivity contribution is -0.145. The number of halogens is 1. The number of aliphatic hydroxyl groups excluding tert-OH is 3. The van der Waals surface area contributed by atoms with Crippen molar-refractivity contribution in [2.45, 2.75) is 63.6 Å². The summed E-state index contributed by atoms with van der Waals surface area (Å²) in [5.74, 6) is -0.181. The molecule has 218 valence electrons. The lowest BCUT2D eigenvalue weighted by atomic mass is 9.89. The van der Waals surface area contributed by atoms with Crippen LogP contribution in [0.15, 0.2) is 72.8 Å². The van der Waals surface area contributed by atoms with E-state index in [9.17, 15) is 20.1 Å². The highest BCUT2D eigenvalue weighted by Crippen LogP contribution is 2.36. The minimum Gasteiger partial charge on any atom is -0.491 e. The molecule has 0 saturated heterocycles. The van der Waals surface area contributed by atoms with Gasteiger partial charge in [-0.15, -0.1) is 0 Å². The number of ether oxygens (including phenoxy) is 2. The second-order valence-electron chi connectivity index (χ2n) is 9.79. The van der Waals surface area contributed by atoms with Crippen LogP contribution in [0.4, 0.5) is 0 Å². The van der Waals surface area contributed by atoms with E-state index in [-0.39, 0.29) is 44.0 Å². The van der Waals surface area contributed by atoms with Gasteiger partial charge in [-0.2, -0.15) is 0 Å². The molecule has 2 aromatic rings. The van der Waals surface area contributed by atoms with Gasteiger partial charge in [-0.3, -0.25) is 14.8 Å². The summed E-state index contributed by atoms with van der Waals surface area (Å²) in [7, 11) is 0. The van der Waals surface area contributed by atoms with Gasteiger partial charge in [0.2, 0.25) is 0 Å². The summed E-state index contributed by atoms with van der Waals surface area (Å²) in [6, 6.07) is 14.2. The number of hydrogen-bond acceptors (Lipinski definition) is 9. The standard InChI is InChI=1S/C30H38ClNO8/c31-23-6-5-7-25(16-23)38-20-24(33)14-15-27-26(28(34)17-29(27)35)8-3-1-2-4-9-30(36)39-18-21-10-12-22(13-11-21)19-40-32-37/h1,3,5-7,10-16,24,26-29,32-35,37H,2,4,8-9,17-20H2/b3-1-,15-14+/t24-,26-,27-,28+,29-/m1/s1. The normalized spacial score (nSPS) is 21.7. The van der Waals surface area contributed by atoms with Crippen LogP contribution in [0.5, 0.6) is 5.75 Å². The molecular formula is C30H38ClNO8. The van der Waals surface area contributed by atoms with Crippen LogP contribution in [0.2, 0.25) is 5.02 Å². The third-order valence-electron chi connectivity index (χ3n) is 6.74. The monoisotopic (exact) mass is 575 g/mol. The topological polar surface area (TPSA) is 138 Å². The van der Waals surface area contributed by atoms with Crippen molar-refractivity contribution in [1.82, 2.24) is 5.64 Å². The number of esters is 1. The van der Waals surface area contributed by atoms with E-state index in [1.54, 1.807) is 42.1 Å². The van der Waals surface area contributed by atoms with Crippen LogP contribution in [-0.2, 0) is 27.6 Å². The van der Waals surface area contributed by atoms with Gasteiger partial charge in [0, 0.05) is 23.8 Å². The third kappa shape index (κ3) is 11.0. The minimum absolute atomic E-state index is 0.0419. The molecule has 0 aromatic heterocycles. The van der Waals surface area contributed by atoms with Gasteiger partial charge in [0.15, 0.2) is 0 Å². The Bertz CT molecular complexity index is 1090. The smallest absolute Gasteiger partial charge is 0.306 e. The fraction of sp³-hybridized carbons (Fsp3) is 0.433. The molecule has 0 radical (unpaired) electrons. The molecule has 0 heterocycles. The Kier molecular flexibility index (Phi) is 13.6. The maximum Gasteiger partial charge on any atom is 0.306 e. The molecule has 1 saturated carbocycles. The molecule has 0 spiro atoms. The molecule has 0 amide bonds. The van der Waals surface area contributed by atoms with Crippen molar-refractivity contribution in [2.24, 2.45) is 11.8 Å². The van der Waals surface area contributed by atoms with Crippen molar-refractivity contribution in [3.8, 4) is 5.75 Å². The van der Waals surface area contributed by atoms with Crippen molar-refractivity contribution in [3.05, 3.63) is 89.0 Å². The van der Waals surface area contributed by atoms with Crippen LogP contribution < -0.4 is 10.4 Å². The first-order valence-electron chi connectivity index (χ1n) is 13.4. The Labute approximate surface area is 239 Å². The average molecular weight is 576 g/mol. The molecule has 3 rings (SSSR count). The summed E-state index contributed by atoms with van der Waals surface area (Å²) in [5.41, 5.74) is 3.35. The molecule has 5 N–H and O–H groups in total. The zero-order chi connectivity index (χ0) is 28.7. The summed E-state index contributed by atoms with van der Waals surface area (Å²) in [4.78, 5) is 16.7. The lowest BCUT2D eigenvalue weighted by Gasteiger charge is -2.19. The maximum atomic E-state index is 12.1. The SMILES string of the molecule is O=C(CCC/C=C\C[C@@H]1[C@@H](/C=C/[C@@H](O)COc2cccc(Cl)c2)[C@H](O)C[C@@H]1O)OCc1ccc(CONO)cc1. The number of hydrogen-bond donors (Lipinski definition) is 5. The van der Waals surface area contributed by atoms with Crippen molar-refractivity contribution < 1.29 is 39.6 Å². The van der Waals surface area contributed by atoms with Gasteiger partial charge >= 0.3 is 5.97 Å². The van der Waals surface area contributed by atoms with Crippen LogP contribution in [0, 0.1) is 11.8 Å². The van der Waals surface area contributed by atoms with Gasteiger partial charge in [0.1, 0.15) is 25.1 Å². The highest BCUT2D eigenvalue weighted by atomic mass is 35.5. The third-order valence-corrected chi connectivity index (χ3v) is 6.98. The van der Waals surface area contributed by atoms with Crippen molar-refractivity contribution in [2.75, 3.05) is 6.61 Å². The molecule has 0 aliphatic heterocycles. The van der Waals surface area contributed by atoms with E-state index in [1.165, 1.54) is 0 Å². The van der Waals surface area contributed by atoms with E-state index in [0.717, 1.165) is 11.1 Å². The first-order chi connectivity index (χ1) is 19.4. The van der Waals surface area contributed by atoms with Crippen LogP contribution in [0.25, 0.3) is 0 Å². The van der Waals surface area contributed by atoms with Crippen molar-refractivity contribution in [3.63, 3.8) is 0 Å². The van der Waals surface area contributed by atoms with Gasteiger partial charge in [-0.05, 0) is 54.5 Å². The summed E-state index contributed by atoms with van der Waals surface area (Å²) in [6.45, 7) is 0.443. The lowest BCUT2D eigenvalue weighted by Crippen LogP contribution is -2.21. The van der Waals surface area contributed by atoms with E-state index < -0.39 is 18.3 Å². The fourth-order valence-electron chi connectivity index (χ4n) is 4.58. The summed E-state index contributed by atoms with van der Waals surface area (Å²) < 4.78 is 10.9. The molecule has 2 aromatic carbocycles. The van der Waals surface area contributed by atoms with Crippen LogP contribution in [-0.4, -0.2) is 51.4 Å². The van der Waals surface area contributed by atoms with E-state index >= 15 is 0 Å². The number of benzene rings is 2. The van der Waals surface area contributed by atoms with Gasteiger partial charge in [0.25, 0.3) is 0 Å². The number of nitrogens with one attached hydrogen (secondary N) is 1. The van der Waals surface area contributed by atoms with Gasteiger partial charge in [-0.1, -0.05) is 71.9 Å². The van der Waals surface area contributed by atoms with E-state index in [1.807, 2.05) is 36.4 Å². The quantitative estimate of drug-likeness (QED) is 0.0860. The van der Waals surface area contributed by atoms with Crippen LogP contribution in [0.1, 0.15) is 43.2 Å². The van der Waals surface area contributed by atoms with Gasteiger partial charge < -0.3 is 24.8 Å². The summed E-state index contributed by atoms with van der Waals surface area (Å²) >= 11 is 5.94. The Morgan fingerprint density at radius 1 is 1.07 bits per heavy atom. The first kappa shape index (κ1) is 31.8. The highest BCUT2D eigenvalue weighted by Gasteiger charge is 2.39. The molecule has 1 fully saturated rings.